The Labute approximate surface area is 143 Å². The number of carbonyl (C=O) groups excluding carboxylic acids is 1. The van der Waals surface area contributed by atoms with Crippen molar-refractivity contribution in [3.8, 4) is 0 Å². The minimum absolute atomic E-state index is 0.0219. The fourth-order valence-electron chi connectivity index (χ4n) is 3.38. The molecule has 1 amide bonds. The minimum atomic E-state index is -3.58. The highest BCUT2D eigenvalue weighted by atomic mass is 32.2. The van der Waals surface area contributed by atoms with Gasteiger partial charge >= 0.3 is 0 Å². The molecule has 0 aromatic heterocycles. The largest absolute Gasteiger partial charge is 0.311 e. The number of anilines is 1. The molecule has 0 radical (unpaired) electrons. The molecule has 24 heavy (non-hydrogen) atoms. The molecule has 130 valence electrons. The molecule has 1 heterocycles. The second kappa shape index (κ2) is 6.33. The van der Waals surface area contributed by atoms with Crippen molar-refractivity contribution in [2.75, 3.05) is 11.9 Å². The molecular formula is C18H24N2O3S. The van der Waals surface area contributed by atoms with Crippen molar-refractivity contribution in [2.24, 2.45) is 0 Å². The van der Waals surface area contributed by atoms with E-state index in [0.29, 0.717) is 5.57 Å². The average molecular weight is 348 g/mol. The van der Waals surface area contributed by atoms with Crippen LogP contribution in [0.4, 0.5) is 5.69 Å². The number of hydrogen-bond donors (Lipinski definition) is 1. The van der Waals surface area contributed by atoms with E-state index in [1.165, 1.54) is 0 Å². The molecular weight excluding hydrogens is 324 g/mol. The predicted molar refractivity (Wildman–Crippen MR) is 95.3 cm³/mol. The molecule has 1 unspecified atom stereocenters. The standard InChI is InChI=1S/C18H24N2O3S/c1-4-12(2)19-24(22,23)14-9-10-16-15(11-14)17(18(21)20(16)3)13-7-5-6-8-13/h9-12,19H,4-8H2,1-3H3. The van der Waals surface area contributed by atoms with Gasteiger partial charge in [-0.05, 0) is 57.2 Å². The number of nitrogens with one attached hydrogen (secondary N) is 1. The second-order valence-corrected chi connectivity index (χ2v) is 8.37. The van der Waals surface area contributed by atoms with E-state index >= 15 is 0 Å². The Kier molecular flexibility index (Phi) is 4.53. The number of rotatable bonds is 4. The molecule has 1 N–H and O–H groups in total. The first-order chi connectivity index (χ1) is 11.3. The summed E-state index contributed by atoms with van der Waals surface area (Å²) >= 11 is 0. The van der Waals surface area contributed by atoms with Crippen LogP contribution in [0, 0.1) is 0 Å². The van der Waals surface area contributed by atoms with Crippen LogP contribution >= 0.6 is 0 Å². The fraction of sp³-hybridized carbons (Fsp3) is 0.500. The van der Waals surface area contributed by atoms with Gasteiger partial charge in [0.25, 0.3) is 5.91 Å². The fourth-order valence-corrected chi connectivity index (χ4v) is 4.73. The lowest BCUT2D eigenvalue weighted by Crippen LogP contribution is -2.32. The molecule has 1 fully saturated rings. The highest BCUT2D eigenvalue weighted by molar-refractivity contribution is 7.89. The highest BCUT2D eigenvalue weighted by Gasteiger charge is 2.34. The van der Waals surface area contributed by atoms with Crippen molar-refractivity contribution in [1.82, 2.24) is 4.72 Å². The van der Waals surface area contributed by atoms with Crippen LogP contribution in [0.1, 0.15) is 51.5 Å². The summed E-state index contributed by atoms with van der Waals surface area (Å²) in [6, 6.07) is 4.85. The van der Waals surface area contributed by atoms with Gasteiger partial charge in [-0.2, -0.15) is 0 Å². The van der Waals surface area contributed by atoms with Crippen molar-refractivity contribution >= 4 is 27.2 Å². The van der Waals surface area contributed by atoms with Crippen LogP contribution in [-0.4, -0.2) is 27.4 Å². The predicted octanol–water partition coefficient (Wildman–Crippen LogP) is 3.07. The summed E-state index contributed by atoms with van der Waals surface area (Å²) < 4.78 is 27.8. The quantitative estimate of drug-likeness (QED) is 0.851. The molecule has 1 saturated carbocycles. The molecule has 6 heteroatoms. The van der Waals surface area contributed by atoms with E-state index in [1.807, 2.05) is 13.8 Å². The summed E-state index contributed by atoms with van der Waals surface area (Å²) in [5.74, 6) is -0.0219. The first kappa shape index (κ1) is 17.2. The van der Waals surface area contributed by atoms with Crippen LogP contribution in [-0.2, 0) is 14.8 Å². The Morgan fingerprint density at radius 2 is 1.92 bits per heavy atom. The van der Waals surface area contributed by atoms with Crippen LogP contribution in [0.25, 0.3) is 5.57 Å². The van der Waals surface area contributed by atoms with E-state index in [-0.39, 0.29) is 16.8 Å². The van der Waals surface area contributed by atoms with E-state index in [9.17, 15) is 13.2 Å². The molecule has 1 aliphatic heterocycles. The maximum atomic E-state index is 12.6. The lowest BCUT2D eigenvalue weighted by Gasteiger charge is -2.13. The Balaban J connectivity index is 2.08. The molecule has 3 rings (SSSR count). The lowest BCUT2D eigenvalue weighted by molar-refractivity contribution is -0.112. The lowest BCUT2D eigenvalue weighted by atomic mass is 10.00. The zero-order chi connectivity index (χ0) is 17.5. The number of likely N-dealkylation sites (N-methyl/N-ethyl adjacent to an activating group) is 1. The number of hydrogen-bond acceptors (Lipinski definition) is 3. The summed E-state index contributed by atoms with van der Waals surface area (Å²) in [6.45, 7) is 3.78. The van der Waals surface area contributed by atoms with Crippen LogP contribution in [0.5, 0.6) is 0 Å². The number of carbonyl (C=O) groups is 1. The normalized spacial score (nSPS) is 19.1. The zero-order valence-electron chi connectivity index (χ0n) is 14.4. The van der Waals surface area contributed by atoms with Crippen LogP contribution in [0.2, 0.25) is 0 Å². The summed E-state index contributed by atoms with van der Waals surface area (Å²) in [5, 5.41) is 0. The summed E-state index contributed by atoms with van der Waals surface area (Å²) in [4.78, 5) is 14.5. The molecule has 2 aliphatic rings. The Morgan fingerprint density at radius 1 is 1.25 bits per heavy atom. The molecule has 1 atom stereocenters. The minimum Gasteiger partial charge on any atom is -0.311 e. The monoisotopic (exact) mass is 348 g/mol. The van der Waals surface area contributed by atoms with Crippen LogP contribution in [0.15, 0.2) is 28.7 Å². The number of benzene rings is 1. The Hall–Kier alpha value is -1.66. The van der Waals surface area contributed by atoms with Gasteiger partial charge in [0.15, 0.2) is 0 Å². The molecule has 1 aromatic rings. The molecule has 5 nitrogen and oxygen atoms in total. The van der Waals surface area contributed by atoms with Gasteiger partial charge in [0, 0.05) is 24.2 Å². The van der Waals surface area contributed by atoms with E-state index in [2.05, 4.69) is 4.72 Å². The molecule has 0 bridgehead atoms. The van der Waals surface area contributed by atoms with Gasteiger partial charge in [0.2, 0.25) is 10.0 Å². The summed E-state index contributed by atoms with van der Waals surface area (Å²) in [7, 11) is -1.83. The van der Waals surface area contributed by atoms with Gasteiger partial charge in [0.05, 0.1) is 10.6 Å². The van der Waals surface area contributed by atoms with Gasteiger partial charge in [-0.15, -0.1) is 0 Å². The Bertz CT molecular complexity index is 804. The maximum Gasteiger partial charge on any atom is 0.258 e. The highest BCUT2D eigenvalue weighted by Crippen LogP contribution is 2.42. The van der Waals surface area contributed by atoms with Crippen molar-refractivity contribution in [2.45, 2.75) is 56.9 Å². The number of sulfonamides is 1. The van der Waals surface area contributed by atoms with Gasteiger partial charge in [-0.25, -0.2) is 13.1 Å². The zero-order valence-corrected chi connectivity index (χ0v) is 15.2. The second-order valence-electron chi connectivity index (χ2n) is 6.66. The van der Waals surface area contributed by atoms with Gasteiger partial charge in [-0.1, -0.05) is 12.5 Å². The van der Waals surface area contributed by atoms with E-state index in [0.717, 1.165) is 48.9 Å². The van der Waals surface area contributed by atoms with E-state index in [4.69, 9.17) is 0 Å². The molecule has 0 spiro atoms. The number of fused-ring (bicyclic) bond motifs is 1. The smallest absolute Gasteiger partial charge is 0.258 e. The van der Waals surface area contributed by atoms with Crippen molar-refractivity contribution < 1.29 is 13.2 Å². The van der Waals surface area contributed by atoms with Crippen molar-refractivity contribution in [3.05, 3.63) is 29.3 Å². The first-order valence-corrected chi connectivity index (χ1v) is 10.00. The third-order valence-corrected chi connectivity index (χ3v) is 6.54. The molecule has 0 saturated heterocycles. The summed E-state index contributed by atoms with van der Waals surface area (Å²) in [5.41, 5.74) is 3.42. The SMILES string of the molecule is CCC(C)NS(=O)(=O)c1ccc2c(c1)C(=C1CCCC1)C(=O)N2C. The van der Waals surface area contributed by atoms with Crippen LogP contribution < -0.4 is 9.62 Å². The van der Waals surface area contributed by atoms with Crippen molar-refractivity contribution in [1.29, 1.82) is 0 Å². The Morgan fingerprint density at radius 3 is 2.54 bits per heavy atom. The first-order valence-electron chi connectivity index (χ1n) is 8.52. The average Bonchev–Trinajstić information content (AvgIpc) is 3.14. The molecule has 1 aromatic carbocycles. The third-order valence-electron chi connectivity index (χ3n) is 4.96. The van der Waals surface area contributed by atoms with Gasteiger partial charge in [0.1, 0.15) is 0 Å². The van der Waals surface area contributed by atoms with Gasteiger partial charge in [-0.3, -0.25) is 4.79 Å². The topological polar surface area (TPSA) is 66.5 Å². The summed E-state index contributed by atoms with van der Waals surface area (Å²) in [6.07, 6.45) is 4.77. The van der Waals surface area contributed by atoms with E-state index < -0.39 is 10.0 Å². The van der Waals surface area contributed by atoms with Gasteiger partial charge < -0.3 is 4.90 Å². The third kappa shape index (κ3) is 2.89. The number of nitrogens with zero attached hydrogens (tertiary/aromatic N) is 1. The number of amides is 1. The van der Waals surface area contributed by atoms with Crippen molar-refractivity contribution in [3.63, 3.8) is 0 Å². The van der Waals surface area contributed by atoms with Crippen LogP contribution in [0.3, 0.4) is 0 Å². The van der Waals surface area contributed by atoms with E-state index in [1.54, 1.807) is 30.1 Å². The maximum absolute atomic E-state index is 12.6. The number of allylic oxidation sites excluding steroid dienone is 1. The molecule has 1 aliphatic carbocycles.